The highest BCUT2D eigenvalue weighted by Gasteiger charge is 2.39. The van der Waals surface area contributed by atoms with Crippen LogP contribution in [-0.2, 0) is 13.1 Å². The van der Waals surface area contributed by atoms with Gasteiger partial charge in [-0.3, -0.25) is 4.57 Å². The van der Waals surface area contributed by atoms with Crippen LogP contribution in [0.3, 0.4) is 0 Å². The summed E-state index contributed by atoms with van der Waals surface area (Å²) in [6.07, 6.45) is -5.56. The first-order valence-electron chi connectivity index (χ1n) is 12.3. The minimum atomic E-state index is -4.95. The van der Waals surface area contributed by atoms with Crippen LogP contribution in [0, 0.1) is 0 Å². The monoisotopic (exact) mass is 597 g/mol. The third kappa shape index (κ3) is 5.87. The summed E-state index contributed by atoms with van der Waals surface area (Å²) in [7, 11) is 0. The van der Waals surface area contributed by atoms with Crippen molar-refractivity contribution in [3.05, 3.63) is 74.9 Å². The summed E-state index contributed by atoms with van der Waals surface area (Å²) >= 11 is 12.3. The molecule has 0 spiro atoms. The Balaban J connectivity index is 1.52. The number of aliphatic hydroxyl groups is 2. The van der Waals surface area contributed by atoms with E-state index in [2.05, 4.69) is 20.5 Å². The van der Waals surface area contributed by atoms with Gasteiger partial charge in [0, 0.05) is 17.1 Å². The molecule has 212 valence electrons. The zero-order valence-corrected chi connectivity index (χ0v) is 22.3. The van der Waals surface area contributed by atoms with Crippen LogP contribution in [0.15, 0.2) is 53.3 Å². The Hall–Kier alpha value is -3.39. The van der Waals surface area contributed by atoms with E-state index in [9.17, 15) is 28.2 Å². The van der Waals surface area contributed by atoms with Crippen molar-refractivity contribution in [1.29, 1.82) is 0 Å². The van der Waals surface area contributed by atoms with E-state index in [1.165, 1.54) is 28.9 Å². The molecule has 1 atom stereocenters. The predicted molar refractivity (Wildman–Crippen MR) is 142 cm³/mol. The molecule has 2 aromatic heterocycles. The van der Waals surface area contributed by atoms with Gasteiger partial charge < -0.3 is 15.5 Å². The van der Waals surface area contributed by atoms with Crippen molar-refractivity contribution >= 4 is 29.2 Å². The van der Waals surface area contributed by atoms with Crippen LogP contribution < -0.4 is 11.0 Å². The molecule has 2 aromatic carbocycles. The normalized spacial score (nSPS) is 15.6. The summed E-state index contributed by atoms with van der Waals surface area (Å²) in [5, 5.41) is 32.8. The highest BCUT2D eigenvalue weighted by molar-refractivity contribution is 6.32. The second-order valence-electron chi connectivity index (χ2n) is 9.59. The van der Waals surface area contributed by atoms with Crippen LogP contribution in [0.25, 0.3) is 17.1 Å². The van der Waals surface area contributed by atoms with Crippen LogP contribution in [0.5, 0.6) is 0 Å². The molecule has 10 nitrogen and oxygen atoms in total. The number of aliphatic hydroxyl groups excluding tert-OH is 1. The highest BCUT2D eigenvalue weighted by atomic mass is 35.5. The van der Waals surface area contributed by atoms with E-state index in [-0.39, 0.29) is 30.7 Å². The fourth-order valence-corrected chi connectivity index (χ4v) is 4.61. The van der Waals surface area contributed by atoms with Crippen molar-refractivity contribution in [2.24, 2.45) is 0 Å². The van der Waals surface area contributed by atoms with E-state index in [0.29, 0.717) is 34.1 Å². The van der Waals surface area contributed by atoms with E-state index in [0.717, 1.165) is 15.7 Å². The first-order valence-corrected chi connectivity index (χ1v) is 13.0. The Morgan fingerprint density at radius 3 is 2.40 bits per heavy atom. The molecule has 3 N–H and O–H groups in total. The van der Waals surface area contributed by atoms with Gasteiger partial charge in [0.15, 0.2) is 17.8 Å². The van der Waals surface area contributed by atoms with Gasteiger partial charge in [-0.25, -0.2) is 9.48 Å². The third-order valence-electron chi connectivity index (χ3n) is 6.64. The van der Waals surface area contributed by atoms with Crippen LogP contribution in [0.4, 0.5) is 19.1 Å². The fraction of sp³-hybridized carbons (Fsp3) is 0.360. The van der Waals surface area contributed by atoms with E-state index in [1.807, 2.05) is 0 Å². The Kier molecular flexibility index (Phi) is 7.66. The minimum absolute atomic E-state index is 0.0962. The maximum absolute atomic E-state index is 13.2. The van der Waals surface area contributed by atoms with Crippen molar-refractivity contribution in [3.8, 4) is 17.1 Å². The molecule has 1 saturated carbocycles. The number of anilines is 1. The van der Waals surface area contributed by atoms with Crippen LogP contribution in [0.2, 0.25) is 10.0 Å². The quantitative estimate of drug-likeness (QED) is 0.267. The molecular weight excluding hydrogens is 574 g/mol. The average molecular weight is 598 g/mol. The topological polar surface area (TPSA) is 123 Å². The number of benzene rings is 2. The SMILES string of the molecule is O=c1n(Cc2nc(NCC3(O)CCC3)n(-c3ccccc3Cl)n2)nc(-c2ccc(Cl)cc2)n1CC(O)C(F)(F)F. The Morgan fingerprint density at radius 2 is 1.77 bits per heavy atom. The number of alkyl halides is 3. The number of aromatic nitrogens is 6. The molecule has 40 heavy (non-hydrogen) atoms. The smallest absolute Gasteiger partial charge is 0.388 e. The molecule has 0 saturated heterocycles. The summed E-state index contributed by atoms with van der Waals surface area (Å²) in [5.74, 6) is 0.260. The number of nitrogens with zero attached hydrogens (tertiary/aromatic N) is 6. The third-order valence-corrected chi connectivity index (χ3v) is 7.21. The van der Waals surface area contributed by atoms with E-state index >= 15 is 0 Å². The van der Waals surface area contributed by atoms with Crippen LogP contribution in [0.1, 0.15) is 25.1 Å². The molecule has 1 aliphatic rings. The van der Waals surface area contributed by atoms with E-state index in [1.54, 1.807) is 24.3 Å². The van der Waals surface area contributed by atoms with Gasteiger partial charge in [0.05, 0.1) is 22.9 Å². The minimum Gasteiger partial charge on any atom is -0.388 e. The average Bonchev–Trinajstić information content (AvgIpc) is 3.42. The van der Waals surface area contributed by atoms with Gasteiger partial charge in [0.25, 0.3) is 0 Å². The molecule has 4 aromatic rings. The predicted octanol–water partition coefficient (Wildman–Crippen LogP) is 3.90. The zero-order chi connectivity index (χ0) is 28.7. The standard InChI is InChI=1S/C25H24Cl2F3N7O3/c26-16-8-6-15(7-9-16)21-34-36(23(39)35(21)12-19(38)25(28,29)30)13-20-32-22(31-14-24(40)10-3-11-24)37(33-20)18-5-2-1-4-17(18)27/h1-2,4-9,19,38,40H,3,10-14H2,(H,31,32,33). The van der Waals surface area contributed by atoms with Crippen molar-refractivity contribution < 1.29 is 23.4 Å². The second-order valence-corrected chi connectivity index (χ2v) is 10.4. The Morgan fingerprint density at radius 1 is 1.07 bits per heavy atom. The van der Waals surface area contributed by atoms with Gasteiger partial charge in [-0.2, -0.15) is 22.8 Å². The van der Waals surface area contributed by atoms with E-state index in [4.69, 9.17) is 23.2 Å². The van der Waals surface area contributed by atoms with Crippen LogP contribution >= 0.6 is 23.2 Å². The van der Waals surface area contributed by atoms with Gasteiger partial charge >= 0.3 is 11.9 Å². The van der Waals surface area contributed by atoms with Crippen molar-refractivity contribution in [1.82, 2.24) is 29.1 Å². The Labute approximate surface area is 235 Å². The first kappa shape index (κ1) is 28.1. The maximum atomic E-state index is 13.2. The molecule has 15 heteroatoms. The van der Waals surface area contributed by atoms with Crippen molar-refractivity contribution in [2.75, 3.05) is 11.9 Å². The number of para-hydroxylation sites is 1. The number of halogens is 5. The lowest BCUT2D eigenvalue weighted by atomic mass is 9.80. The molecule has 0 amide bonds. The molecule has 1 fully saturated rings. The summed E-state index contributed by atoms with van der Waals surface area (Å²) in [6, 6.07) is 12.9. The van der Waals surface area contributed by atoms with Gasteiger partial charge in [-0.15, -0.1) is 10.2 Å². The van der Waals surface area contributed by atoms with Gasteiger partial charge in [0.1, 0.15) is 6.54 Å². The van der Waals surface area contributed by atoms with Gasteiger partial charge in [0.2, 0.25) is 5.95 Å². The van der Waals surface area contributed by atoms with Crippen molar-refractivity contribution in [3.63, 3.8) is 0 Å². The first-order chi connectivity index (χ1) is 18.9. The lowest BCUT2D eigenvalue weighted by molar-refractivity contribution is -0.207. The molecule has 1 unspecified atom stereocenters. The van der Waals surface area contributed by atoms with Crippen molar-refractivity contribution in [2.45, 2.75) is 50.2 Å². The molecule has 1 aliphatic carbocycles. The summed E-state index contributed by atoms with van der Waals surface area (Å²) in [6.45, 7) is -1.15. The zero-order valence-electron chi connectivity index (χ0n) is 20.8. The van der Waals surface area contributed by atoms with Gasteiger partial charge in [-0.05, 0) is 55.7 Å². The number of nitrogens with one attached hydrogen (secondary N) is 1. The number of hydrogen-bond acceptors (Lipinski definition) is 7. The largest absolute Gasteiger partial charge is 0.416 e. The molecular formula is C25H24Cl2F3N7O3. The van der Waals surface area contributed by atoms with Crippen LogP contribution in [-0.4, -0.2) is 63.8 Å². The molecule has 0 radical (unpaired) electrons. The van der Waals surface area contributed by atoms with E-state index < -0.39 is 30.1 Å². The number of rotatable bonds is 9. The van der Waals surface area contributed by atoms with Gasteiger partial charge in [-0.1, -0.05) is 35.3 Å². The highest BCUT2D eigenvalue weighted by Crippen LogP contribution is 2.32. The molecule has 5 rings (SSSR count). The fourth-order valence-electron chi connectivity index (χ4n) is 4.26. The molecule has 0 bridgehead atoms. The summed E-state index contributed by atoms with van der Waals surface area (Å²) in [4.78, 5) is 17.7. The lowest BCUT2D eigenvalue weighted by Crippen LogP contribution is -2.43. The second kappa shape index (κ2) is 10.9. The lowest BCUT2D eigenvalue weighted by Gasteiger charge is -2.36. The summed E-state index contributed by atoms with van der Waals surface area (Å²) < 4.78 is 42.6. The maximum Gasteiger partial charge on any atom is 0.416 e. The molecule has 2 heterocycles. The summed E-state index contributed by atoms with van der Waals surface area (Å²) in [5.41, 5.74) is -0.972. The number of hydrogen-bond donors (Lipinski definition) is 3. The Bertz CT molecular complexity index is 1560. The molecule has 0 aliphatic heterocycles.